The number of rotatable bonds is 27. The molecule has 0 aliphatic carbocycles. The van der Waals surface area contributed by atoms with Crippen molar-refractivity contribution in [3.05, 3.63) is 146 Å². The van der Waals surface area contributed by atoms with Crippen molar-refractivity contribution in [2.75, 3.05) is 0 Å². The van der Waals surface area contributed by atoms with E-state index in [2.05, 4.69) is 151 Å². The van der Waals surface area contributed by atoms with Gasteiger partial charge in [0.25, 0.3) is 0 Å². The van der Waals surface area contributed by atoms with Gasteiger partial charge in [-0.05, 0) is 126 Å². The average molecular weight is 904 g/mol. The van der Waals surface area contributed by atoms with Gasteiger partial charge in [0, 0.05) is 6.42 Å². The molecule has 64 heavy (non-hydrogen) atoms. The van der Waals surface area contributed by atoms with E-state index in [-0.39, 0.29) is 0 Å². The molecule has 0 atom stereocenters. The molecule has 0 fully saturated rings. The molecule has 2 nitrogen and oxygen atoms in total. The molecule has 3 heteroatoms. The number of allylic oxidation sites excluding steroid dienone is 2. The summed E-state index contributed by atoms with van der Waals surface area (Å²) in [5.74, 6) is 9.76. The topological polar surface area (TPSA) is 36.4 Å². The molecule has 0 saturated carbocycles. The predicted octanol–water partition coefficient (Wildman–Crippen LogP) is 16.1. The number of aryl methyl sites for hydroxylation is 4. The molecule has 0 spiro atoms. The first-order valence-electron chi connectivity index (χ1n) is 25.6. The van der Waals surface area contributed by atoms with E-state index >= 15 is 0 Å². The van der Waals surface area contributed by atoms with Crippen molar-refractivity contribution >= 4 is 20.5 Å². The van der Waals surface area contributed by atoms with Crippen LogP contribution < -0.4 is 9.07 Å². The third kappa shape index (κ3) is 18.7. The number of hydrogen-bond donors (Lipinski definition) is 0. The molecular weight excluding hydrogens is 819 g/mol. The van der Waals surface area contributed by atoms with Crippen molar-refractivity contribution in [2.24, 2.45) is 0 Å². The van der Waals surface area contributed by atoms with E-state index in [0.717, 1.165) is 89.0 Å². The Hall–Kier alpha value is -4.17. The minimum atomic E-state index is 0.740. The summed E-state index contributed by atoms with van der Waals surface area (Å²) in [4.78, 5) is 3.51. The van der Waals surface area contributed by atoms with Gasteiger partial charge in [-0.1, -0.05) is 162 Å². The molecule has 4 aromatic carbocycles. The van der Waals surface area contributed by atoms with Crippen LogP contribution in [-0.2, 0) is 53.0 Å². The van der Waals surface area contributed by atoms with Gasteiger partial charge < -0.3 is 5.53 Å². The molecule has 348 valence electrons. The molecule has 0 saturated heterocycles. The van der Waals surface area contributed by atoms with Crippen molar-refractivity contribution in [3.8, 4) is 11.8 Å². The predicted molar refractivity (Wildman–Crippen MR) is 277 cm³/mol. The van der Waals surface area contributed by atoms with Gasteiger partial charge in [0.1, 0.15) is 0 Å². The van der Waals surface area contributed by atoms with E-state index in [9.17, 15) is 5.53 Å². The van der Waals surface area contributed by atoms with E-state index in [0.29, 0.717) is 0 Å². The minimum absolute atomic E-state index is 0.740. The summed E-state index contributed by atoms with van der Waals surface area (Å²) < 4.78 is 2.61. The first-order valence-corrected chi connectivity index (χ1v) is 26.6. The summed E-state index contributed by atoms with van der Waals surface area (Å²) >= 11 is 1.60. The normalized spacial score (nSPS) is 11.2. The van der Waals surface area contributed by atoms with Gasteiger partial charge in [0.2, 0.25) is 0 Å². The summed E-state index contributed by atoms with van der Waals surface area (Å²) in [5.41, 5.74) is 25.1. The Morgan fingerprint density at radius 3 is 1.33 bits per heavy atom. The first kappa shape index (κ1) is 54.2. The molecule has 0 unspecified atom stereocenters. The molecule has 0 aliphatic rings. The number of benzene rings is 4. The second kappa shape index (κ2) is 33.3. The molecule has 0 heterocycles. The summed E-state index contributed by atoms with van der Waals surface area (Å²) in [5, 5.41) is 0. The zero-order valence-electron chi connectivity index (χ0n) is 41.6. The number of hydrogen-bond acceptors (Lipinski definition) is 0. The van der Waals surface area contributed by atoms with Gasteiger partial charge in [-0.2, -0.15) is 0 Å². The SMILES string of the molecule is CCC#CC(=C=[N+]=[N-])C(CCCCC)=C(c1cc(CCC)c(CCC)c(CCC)c1)c1cc(CCCCC)c(CCCCC)c(CCCCC)c1.c1cc[c]([Ni][c]2ccccc2)cc1. The molecule has 0 amide bonds. The summed E-state index contributed by atoms with van der Waals surface area (Å²) in [6.45, 7) is 18.3. The molecule has 4 rings (SSSR count). The number of nitrogens with zero attached hydrogens (tertiary/aromatic N) is 2. The van der Waals surface area contributed by atoms with Gasteiger partial charge in [-0.25, -0.2) is 0 Å². The van der Waals surface area contributed by atoms with Crippen LogP contribution in [0.3, 0.4) is 0 Å². The molecule has 0 N–H and O–H groups in total. The Labute approximate surface area is 398 Å². The fourth-order valence-corrected chi connectivity index (χ4v) is 9.78. The van der Waals surface area contributed by atoms with Gasteiger partial charge in [0.05, 0.1) is 0 Å². The maximum atomic E-state index is 9.97. The second-order valence-electron chi connectivity index (χ2n) is 17.3. The fourth-order valence-electron chi connectivity index (χ4n) is 8.75. The molecule has 0 aromatic heterocycles. The van der Waals surface area contributed by atoms with E-state index in [4.69, 9.17) is 0 Å². The summed E-state index contributed by atoms with van der Waals surface area (Å²) in [6, 6.07) is 31.1. The zero-order valence-corrected chi connectivity index (χ0v) is 42.5. The monoisotopic (exact) mass is 903 g/mol. The standard InChI is InChI=1S/C49H74N2.2C6H5.Ni/c1-9-17-22-30-41-36-45(37-42(31-23-18-10-2)47(41)32-24-19-11-3)49(48(33-25-20-12-4)43(38-51-50)29-21-13-5)44-34-39(26-14-6)46(28-16-8)40(35-44)27-15-7;2*1-2-4-6-5-3-1;/h34-37H,9-20,22-28,30-33H2,1-8H3;2*1-5H;. The van der Waals surface area contributed by atoms with Crippen LogP contribution in [0.4, 0.5) is 0 Å². The van der Waals surface area contributed by atoms with Crippen LogP contribution in [0.25, 0.3) is 11.1 Å². The maximum absolute atomic E-state index is 9.97. The molecule has 4 aromatic rings. The van der Waals surface area contributed by atoms with Crippen molar-refractivity contribution < 1.29 is 19.2 Å². The Bertz CT molecular complexity index is 2010. The van der Waals surface area contributed by atoms with Gasteiger partial charge in [-0.3, -0.25) is 0 Å². The quantitative estimate of drug-likeness (QED) is 0.0109. The van der Waals surface area contributed by atoms with Crippen molar-refractivity contribution in [1.82, 2.24) is 0 Å². The Morgan fingerprint density at radius 2 is 0.906 bits per heavy atom. The van der Waals surface area contributed by atoms with Gasteiger partial charge >= 0.3 is 90.0 Å². The molecule has 0 bridgehead atoms. The zero-order chi connectivity index (χ0) is 46.2. The van der Waals surface area contributed by atoms with Crippen LogP contribution in [0.15, 0.2) is 96.1 Å². The van der Waals surface area contributed by atoms with E-state index in [1.165, 1.54) is 107 Å². The second-order valence-corrected chi connectivity index (χ2v) is 18.7. The van der Waals surface area contributed by atoms with E-state index in [1.807, 2.05) is 12.1 Å². The van der Waals surface area contributed by atoms with Crippen LogP contribution in [0.1, 0.15) is 209 Å². The van der Waals surface area contributed by atoms with Crippen LogP contribution >= 0.6 is 0 Å². The molecular formula is C61H84N2Ni. The third-order valence-electron chi connectivity index (χ3n) is 11.9. The van der Waals surface area contributed by atoms with Gasteiger partial charge in [-0.15, -0.1) is 4.79 Å². The van der Waals surface area contributed by atoms with Crippen LogP contribution in [0, 0.1) is 11.8 Å². The first-order chi connectivity index (χ1) is 31.4. The Morgan fingerprint density at radius 1 is 0.484 bits per heavy atom. The van der Waals surface area contributed by atoms with E-state index in [1.54, 1.807) is 36.7 Å². The summed E-state index contributed by atoms with van der Waals surface area (Å²) in [7, 11) is 0. The van der Waals surface area contributed by atoms with E-state index < -0.39 is 0 Å². The van der Waals surface area contributed by atoms with Crippen molar-refractivity contribution in [3.63, 3.8) is 0 Å². The van der Waals surface area contributed by atoms with Crippen molar-refractivity contribution in [2.45, 2.75) is 203 Å². The average Bonchev–Trinajstić information content (AvgIpc) is 3.30. The van der Waals surface area contributed by atoms with Crippen LogP contribution in [0.2, 0.25) is 0 Å². The van der Waals surface area contributed by atoms with Crippen LogP contribution in [0.5, 0.6) is 0 Å². The summed E-state index contributed by atoms with van der Waals surface area (Å²) in [6.07, 6.45) is 26.4. The van der Waals surface area contributed by atoms with Crippen LogP contribution in [-0.4, -0.2) is 10.7 Å². The number of unbranched alkanes of at least 4 members (excludes halogenated alkanes) is 8. The fraction of sp³-hybridized carbons (Fsp3) is 0.508. The Balaban J connectivity index is 0.000000705. The Kier molecular flexibility index (Phi) is 28.2. The third-order valence-corrected chi connectivity index (χ3v) is 13.1. The van der Waals surface area contributed by atoms with Crippen molar-refractivity contribution in [1.29, 1.82) is 0 Å². The van der Waals surface area contributed by atoms with Gasteiger partial charge in [0.15, 0.2) is 5.57 Å². The molecule has 0 aliphatic heterocycles. The molecule has 0 radical (unpaired) electrons.